The summed E-state index contributed by atoms with van der Waals surface area (Å²) in [5.74, 6) is -0.846. The molecule has 14 heteroatoms. The Morgan fingerprint density at radius 1 is 0.846 bits per heavy atom. The van der Waals surface area contributed by atoms with Crippen molar-refractivity contribution < 1.29 is 40.9 Å². The van der Waals surface area contributed by atoms with E-state index in [0.29, 0.717) is 12.8 Å². The van der Waals surface area contributed by atoms with Gasteiger partial charge in [0, 0.05) is 0 Å². The minimum absolute atomic E-state index is 0.128. The van der Waals surface area contributed by atoms with E-state index in [2.05, 4.69) is 7.26 Å². The van der Waals surface area contributed by atoms with Crippen molar-refractivity contribution in [3.8, 4) is 0 Å². The lowest BCUT2D eigenvalue weighted by atomic mass is 9.98. The molecule has 0 aromatic rings. The van der Waals surface area contributed by atoms with Crippen LogP contribution in [0.25, 0.3) is 0 Å². The van der Waals surface area contributed by atoms with Gasteiger partial charge < -0.3 is 0 Å². The normalized spacial score (nSPS) is 18.2. The van der Waals surface area contributed by atoms with Crippen LogP contribution in [-0.4, -0.2) is 47.1 Å². The predicted octanol–water partition coefficient (Wildman–Crippen LogP) is 0.694. The van der Waals surface area contributed by atoms with E-state index in [1.54, 1.807) is 0 Å². The lowest BCUT2D eigenvalue weighted by Crippen LogP contribution is -2.21. The molecule has 0 amide bonds. The molecule has 0 aromatic carbocycles. The van der Waals surface area contributed by atoms with Crippen LogP contribution < -0.4 is 0 Å². The van der Waals surface area contributed by atoms with E-state index in [-0.39, 0.29) is 24.7 Å². The summed E-state index contributed by atoms with van der Waals surface area (Å²) in [5, 5.41) is 0. The van der Waals surface area contributed by atoms with Crippen molar-refractivity contribution in [2.24, 2.45) is 0 Å². The lowest BCUT2D eigenvalue weighted by Gasteiger charge is -2.20. The van der Waals surface area contributed by atoms with Crippen LogP contribution in [0.5, 0.6) is 0 Å². The van der Waals surface area contributed by atoms with Crippen LogP contribution in [-0.2, 0) is 54.0 Å². The lowest BCUT2D eigenvalue weighted by molar-refractivity contribution is 0.161. The van der Waals surface area contributed by atoms with Crippen molar-refractivity contribution in [3.05, 3.63) is 0 Å². The molecule has 0 radical (unpaired) electrons. The second-order valence-electron chi connectivity index (χ2n) is 5.86. The van der Waals surface area contributed by atoms with Crippen molar-refractivity contribution in [3.63, 3.8) is 0 Å². The van der Waals surface area contributed by atoms with E-state index in [4.69, 9.17) is 4.18 Å². The van der Waals surface area contributed by atoms with Crippen molar-refractivity contribution in [1.82, 2.24) is 0 Å². The fourth-order valence-electron chi connectivity index (χ4n) is 2.45. The second-order valence-corrected chi connectivity index (χ2v) is 11.1. The van der Waals surface area contributed by atoms with Gasteiger partial charge in [-0.15, -0.1) is 7.26 Å². The van der Waals surface area contributed by atoms with Gasteiger partial charge in [-0.05, 0) is 25.7 Å². The first-order valence-corrected chi connectivity index (χ1v) is 13.4. The fraction of sp³-hybridized carbons (Fsp3) is 1.00. The zero-order valence-electron chi connectivity index (χ0n) is 14.1. The third kappa shape index (κ3) is 11.6. The Balaban J connectivity index is 2.19. The summed E-state index contributed by atoms with van der Waals surface area (Å²) < 4.78 is 91.1. The molecular formula is C12H24O10S4. The Labute approximate surface area is 158 Å². The van der Waals surface area contributed by atoms with E-state index in [1.807, 2.05) is 0 Å². The van der Waals surface area contributed by atoms with Gasteiger partial charge in [-0.3, -0.25) is 4.18 Å². The zero-order chi connectivity index (χ0) is 19.6. The molecule has 1 atom stereocenters. The highest BCUT2D eigenvalue weighted by molar-refractivity contribution is 7.95. The summed E-state index contributed by atoms with van der Waals surface area (Å²) in [6.45, 7) is 0. The monoisotopic (exact) mass is 456 g/mol. The fourth-order valence-corrected chi connectivity index (χ4v) is 6.10. The van der Waals surface area contributed by atoms with Crippen LogP contribution in [0, 0.1) is 0 Å². The largest absolute Gasteiger partial charge is 0.320 e. The van der Waals surface area contributed by atoms with Crippen molar-refractivity contribution >= 4 is 42.6 Å². The predicted molar refractivity (Wildman–Crippen MR) is 94.6 cm³/mol. The molecule has 1 aliphatic rings. The van der Waals surface area contributed by atoms with Gasteiger partial charge in [0.05, 0.1) is 17.6 Å². The number of rotatable bonds is 13. The van der Waals surface area contributed by atoms with E-state index in [1.165, 1.54) is 0 Å². The third-order valence-corrected chi connectivity index (χ3v) is 8.31. The molecule has 0 bridgehead atoms. The number of unbranched alkanes of at least 4 members (excludes halogenated alkanes) is 3. The zero-order valence-corrected chi connectivity index (χ0v) is 17.5. The average molecular weight is 457 g/mol. The molecule has 1 rings (SSSR count). The highest BCUT2D eigenvalue weighted by Gasteiger charge is 2.22. The Hall–Kier alpha value is -0.120. The molecule has 26 heavy (non-hydrogen) atoms. The van der Waals surface area contributed by atoms with Gasteiger partial charge in [-0.25, -0.2) is 8.42 Å². The minimum atomic E-state index is -4.12. The van der Waals surface area contributed by atoms with Gasteiger partial charge in [-0.1, -0.05) is 32.1 Å². The van der Waals surface area contributed by atoms with Crippen LogP contribution >= 0.6 is 0 Å². The first kappa shape index (κ1) is 23.9. The van der Waals surface area contributed by atoms with E-state index in [0.717, 1.165) is 32.1 Å². The number of hydrogen-bond acceptors (Lipinski definition) is 10. The van der Waals surface area contributed by atoms with Crippen LogP contribution in [0.4, 0.5) is 0 Å². The molecule has 10 nitrogen and oxygen atoms in total. The van der Waals surface area contributed by atoms with Crippen LogP contribution in [0.15, 0.2) is 0 Å². The second kappa shape index (κ2) is 11.7. The van der Waals surface area contributed by atoms with Crippen molar-refractivity contribution in [2.75, 3.05) is 11.5 Å². The molecule has 1 fully saturated rings. The van der Waals surface area contributed by atoms with Gasteiger partial charge in [0.2, 0.25) is 0 Å². The Morgan fingerprint density at radius 3 is 1.92 bits per heavy atom. The van der Waals surface area contributed by atoms with E-state index >= 15 is 0 Å². The summed E-state index contributed by atoms with van der Waals surface area (Å²) in [7, 11) is -11.6. The van der Waals surface area contributed by atoms with Crippen LogP contribution in [0.1, 0.15) is 57.8 Å². The van der Waals surface area contributed by atoms with Crippen molar-refractivity contribution in [2.45, 2.75) is 63.9 Å². The summed E-state index contributed by atoms with van der Waals surface area (Å²) in [4.78, 5) is 0. The van der Waals surface area contributed by atoms with E-state index in [9.17, 15) is 29.5 Å². The minimum Gasteiger partial charge on any atom is -0.264 e. The molecule has 1 saturated carbocycles. The summed E-state index contributed by atoms with van der Waals surface area (Å²) in [6.07, 6.45) is 5.20. The molecule has 1 aliphatic carbocycles. The third-order valence-electron chi connectivity index (χ3n) is 3.64. The number of thiol groups is 1. The topological polar surface area (TPSA) is 147 Å². The molecule has 0 aliphatic heterocycles. The van der Waals surface area contributed by atoms with Crippen molar-refractivity contribution in [1.29, 1.82) is 0 Å². The average Bonchev–Trinajstić information content (AvgIpc) is 2.49. The first-order chi connectivity index (χ1) is 12.1. The standard InChI is InChI=1S/C12H24O10S4/c13-23(14)21-25(16,17)10-6-1-2-7-11-26(18,19)22-24(15)20-12-8-4-3-5-9-12/h12,23H,1-11H2. The Bertz CT molecular complexity index is 711. The van der Waals surface area contributed by atoms with Gasteiger partial charge >= 0.3 is 11.4 Å². The highest BCUT2D eigenvalue weighted by Crippen LogP contribution is 2.21. The molecule has 0 heterocycles. The quantitative estimate of drug-likeness (QED) is 0.310. The molecule has 1 unspecified atom stereocenters. The maximum atomic E-state index is 11.7. The number of hydrogen-bond donors (Lipinski definition) is 1. The molecule has 0 aromatic heterocycles. The SMILES string of the molecule is O=S(OC1CCCCC1)OS(=O)(=O)CCCCCCS(=O)(=O)O[SH](=O)=O. The highest BCUT2D eigenvalue weighted by atomic mass is 32.3. The van der Waals surface area contributed by atoms with Gasteiger partial charge in [0.15, 0.2) is 0 Å². The van der Waals surface area contributed by atoms with Gasteiger partial charge in [0.1, 0.15) is 0 Å². The van der Waals surface area contributed by atoms with Gasteiger partial charge in [-0.2, -0.15) is 21.0 Å². The Morgan fingerprint density at radius 2 is 1.38 bits per heavy atom. The molecule has 0 saturated heterocycles. The summed E-state index contributed by atoms with van der Waals surface area (Å²) in [5.41, 5.74) is 0. The molecule has 0 N–H and O–H groups in total. The van der Waals surface area contributed by atoms with E-state index < -0.39 is 48.3 Å². The molecular weight excluding hydrogens is 432 g/mol. The molecule has 0 spiro atoms. The van der Waals surface area contributed by atoms with Gasteiger partial charge in [0.25, 0.3) is 31.2 Å². The summed E-state index contributed by atoms with van der Waals surface area (Å²) >= 11 is -2.35. The first-order valence-electron chi connectivity index (χ1n) is 8.18. The maximum Gasteiger partial charge on any atom is 0.320 e. The summed E-state index contributed by atoms with van der Waals surface area (Å²) in [6, 6.07) is 0. The smallest absolute Gasteiger partial charge is 0.264 e. The van der Waals surface area contributed by atoms with Crippen LogP contribution in [0.2, 0.25) is 0 Å². The maximum absolute atomic E-state index is 11.7. The Kier molecular flexibility index (Phi) is 10.7. The molecule has 156 valence electrons. The van der Waals surface area contributed by atoms with Crippen LogP contribution in [0.3, 0.4) is 0 Å².